The monoisotopic (exact) mass is 309 g/mol. The number of nitrogens with zero attached hydrogens (tertiary/aromatic N) is 2. The molecule has 118 valence electrons. The van der Waals surface area contributed by atoms with Crippen LogP contribution in [0.1, 0.15) is 29.2 Å². The van der Waals surface area contributed by atoms with Gasteiger partial charge in [-0.2, -0.15) is 5.26 Å². The number of hydrogen-bond donors (Lipinski definition) is 1. The molecular formula is C18H19N3O2. The molecule has 1 unspecified atom stereocenters. The number of esters is 1. The van der Waals surface area contributed by atoms with Crippen LogP contribution < -0.4 is 0 Å². The molecule has 1 saturated heterocycles. The van der Waals surface area contributed by atoms with E-state index in [1.807, 2.05) is 0 Å². The number of benzene rings is 1. The van der Waals surface area contributed by atoms with Crippen LogP contribution in [-0.2, 0) is 16.0 Å². The van der Waals surface area contributed by atoms with E-state index in [1.54, 1.807) is 4.90 Å². The second-order valence-electron chi connectivity index (χ2n) is 6.58. The van der Waals surface area contributed by atoms with Crippen molar-refractivity contribution >= 4 is 16.9 Å². The normalized spacial score (nSPS) is 25.8. The quantitative estimate of drug-likeness (QED) is 0.649. The number of H-pyrrole nitrogens is 1. The third-order valence-electron chi connectivity index (χ3n) is 5.47. The molecule has 5 heteroatoms. The Morgan fingerprint density at radius 2 is 2.30 bits per heavy atom. The number of methoxy groups -OCH3 is 1. The number of aromatic amines is 1. The van der Waals surface area contributed by atoms with Gasteiger partial charge in [-0.05, 0) is 37.0 Å². The van der Waals surface area contributed by atoms with Crippen LogP contribution in [0.5, 0.6) is 0 Å². The first-order valence-electron chi connectivity index (χ1n) is 7.98. The molecule has 1 aliphatic heterocycles. The smallest absolute Gasteiger partial charge is 0.310 e. The Bertz CT molecular complexity index is 833. The van der Waals surface area contributed by atoms with E-state index in [4.69, 9.17) is 4.74 Å². The first-order chi connectivity index (χ1) is 11.1. The molecule has 1 fully saturated rings. The van der Waals surface area contributed by atoms with Gasteiger partial charge >= 0.3 is 5.97 Å². The van der Waals surface area contributed by atoms with Crippen LogP contribution in [-0.4, -0.2) is 35.5 Å². The van der Waals surface area contributed by atoms with Crippen molar-refractivity contribution in [3.05, 3.63) is 35.0 Å². The predicted molar refractivity (Wildman–Crippen MR) is 85.7 cm³/mol. The lowest BCUT2D eigenvalue weighted by Gasteiger charge is -2.43. The molecule has 0 radical (unpaired) electrons. The Morgan fingerprint density at radius 3 is 3.04 bits per heavy atom. The average molecular weight is 309 g/mol. The first-order valence-corrected chi connectivity index (χ1v) is 7.98. The molecule has 1 N–H and O–H groups in total. The lowest BCUT2D eigenvalue weighted by atomic mass is 9.72. The highest BCUT2D eigenvalue weighted by atomic mass is 16.5. The van der Waals surface area contributed by atoms with Gasteiger partial charge in [-0.3, -0.25) is 4.79 Å². The molecule has 1 aromatic heterocycles. The summed E-state index contributed by atoms with van der Waals surface area (Å²) < 4.78 is 4.93. The van der Waals surface area contributed by atoms with Crippen molar-refractivity contribution in [2.24, 2.45) is 5.92 Å². The summed E-state index contributed by atoms with van der Waals surface area (Å²) in [6.07, 6.45) is 3.91. The van der Waals surface area contributed by atoms with Gasteiger partial charge in [0.1, 0.15) is 0 Å². The number of nitriles is 1. The van der Waals surface area contributed by atoms with E-state index in [2.05, 4.69) is 36.3 Å². The number of nitrogens with one attached hydrogen (secondary N) is 1. The molecule has 23 heavy (non-hydrogen) atoms. The van der Waals surface area contributed by atoms with Gasteiger partial charge in [-0.1, -0.05) is 12.1 Å². The minimum absolute atomic E-state index is 0.133. The summed E-state index contributed by atoms with van der Waals surface area (Å²) in [6.45, 7) is 2.55. The first kappa shape index (κ1) is 14.1. The highest BCUT2D eigenvalue weighted by Crippen LogP contribution is 2.45. The lowest BCUT2D eigenvalue weighted by Crippen LogP contribution is -2.49. The van der Waals surface area contributed by atoms with Crippen LogP contribution in [0.2, 0.25) is 0 Å². The summed E-state index contributed by atoms with van der Waals surface area (Å²) >= 11 is 0. The van der Waals surface area contributed by atoms with E-state index in [0.29, 0.717) is 6.54 Å². The zero-order chi connectivity index (χ0) is 16.1. The SMILES string of the molecule is COC(=O)[C@H]1CC2c3cccc4[nH]c(C)c(c34)C[C@H]2N(C#N)C1. The number of likely N-dealkylation sites (tertiary alicyclic amines) is 1. The standard InChI is InChI=1S/C18H19N3O2/c1-10-13-7-16-14(12-4-3-5-15(20-10)17(12)13)6-11(18(22)23-2)8-21(16)9-19/h3-5,11,14,16,20H,6-8H2,1-2H3/t11-,14?,16+/m0/s1. The number of carbonyl (C=O) groups is 1. The molecule has 2 aliphatic rings. The number of rotatable bonds is 1. The van der Waals surface area contributed by atoms with E-state index in [1.165, 1.54) is 29.3 Å². The fourth-order valence-corrected chi connectivity index (χ4v) is 4.42. The molecular weight excluding hydrogens is 290 g/mol. The molecule has 0 amide bonds. The van der Waals surface area contributed by atoms with Crippen molar-refractivity contribution in [2.75, 3.05) is 13.7 Å². The molecule has 1 aromatic carbocycles. The number of hydrogen-bond acceptors (Lipinski definition) is 4. The van der Waals surface area contributed by atoms with Gasteiger partial charge in [-0.25, -0.2) is 0 Å². The maximum Gasteiger partial charge on any atom is 0.310 e. The van der Waals surface area contributed by atoms with Crippen molar-refractivity contribution in [3.8, 4) is 6.19 Å². The van der Waals surface area contributed by atoms with Gasteiger partial charge in [0.2, 0.25) is 0 Å². The van der Waals surface area contributed by atoms with Crippen LogP contribution in [0.4, 0.5) is 0 Å². The molecule has 0 spiro atoms. The molecule has 5 nitrogen and oxygen atoms in total. The summed E-state index contributed by atoms with van der Waals surface area (Å²) in [5, 5.41) is 10.9. The van der Waals surface area contributed by atoms with Crippen molar-refractivity contribution in [1.82, 2.24) is 9.88 Å². The van der Waals surface area contributed by atoms with Gasteiger partial charge in [0.05, 0.1) is 19.1 Å². The average Bonchev–Trinajstić information content (AvgIpc) is 2.90. The third-order valence-corrected chi connectivity index (χ3v) is 5.47. The van der Waals surface area contributed by atoms with Crippen LogP contribution in [0.25, 0.3) is 10.9 Å². The Kier molecular flexibility index (Phi) is 3.08. The number of fused-ring (bicyclic) bond motifs is 2. The summed E-state index contributed by atoms with van der Waals surface area (Å²) in [5.74, 6) is -0.261. The summed E-state index contributed by atoms with van der Waals surface area (Å²) in [7, 11) is 1.42. The van der Waals surface area contributed by atoms with Crippen molar-refractivity contribution in [2.45, 2.75) is 31.7 Å². The van der Waals surface area contributed by atoms with E-state index in [-0.39, 0.29) is 23.8 Å². The fraction of sp³-hybridized carbons (Fsp3) is 0.444. The summed E-state index contributed by atoms with van der Waals surface area (Å²) in [6, 6.07) is 6.43. The van der Waals surface area contributed by atoms with E-state index >= 15 is 0 Å². The van der Waals surface area contributed by atoms with Crippen LogP contribution in [0.3, 0.4) is 0 Å². The highest BCUT2D eigenvalue weighted by Gasteiger charge is 2.43. The Labute approximate surface area is 134 Å². The van der Waals surface area contributed by atoms with Gasteiger partial charge in [0.15, 0.2) is 6.19 Å². The zero-order valence-electron chi connectivity index (χ0n) is 13.3. The predicted octanol–water partition coefficient (Wildman–Crippen LogP) is 2.46. The van der Waals surface area contributed by atoms with Crippen LogP contribution in [0.15, 0.2) is 18.2 Å². The number of carbonyl (C=O) groups excluding carboxylic acids is 1. The van der Waals surface area contributed by atoms with Gasteiger partial charge < -0.3 is 14.6 Å². The molecule has 2 aromatic rings. The Balaban J connectivity index is 1.85. The van der Waals surface area contributed by atoms with Crippen molar-refractivity contribution < 1.29 is 9.53 Å². The lowest BCUT2D eigenvalue weighted by molar-refractivity contribution is -0.147. The minimum Gasteiger partial charge on any atom is -0.469 e. The molecule has 1 aliphatic carbocycles. The fourth-order valence-electron chi connectivity index (χ4n) is 4.42. The second kappa shape index (κ2) is 5.02. The van der Waals surface area contributed by atoms with Crippen molar-refractivity contribution in [3.63, 3.8) is 0 Å². The number of aryl methyl sites for hydroxylation is 1. The molecule has 4 rings (SSSR count). The van der Waals surface area contributed by atoms with E-state index in [9.17, 15) is 10.1 Å². The highest BCUT2D eigenvalue weighted by molar-refractivity contribution is 5.89. The van der Waals surface area contributed by atoms with Crippen LogP contribution >= 0.6 is 0 Å². The van der Waals surface area contributed by atoms with Gasteiger partial charge in [-0.15, -0.1) is 0 Å². The molecule has 3 atom stereocenters. The van der Waals surface area contributed by atoms with Gasteiger partial charge in [0, 0.05) is 29.1 Å². The molecule has 0 saturated carbocycles. The minimum atomic E-state index is -0.238. The van der Waals surface area contributed by atoms with Crippen LogP contribution in [0, 0.1) is 24.3 Å². The summed E-state index contributed by atoms with van der Waals surface area (Å²) in [4.78, 5) is 17.3. The Morgan fingerprint density at radius 1 is 1.48 bits per heavy atom. The number of ether oxygens (including phenoxy) is 1. The Hall–Kier alpha value is -2.48. The topological polar surface area (TPSA) is 69.1 Å². The largest absolute Gasteiger partial charge is 0.469 e. The maximum absolute atomic E-state index is 12.0. The molecule has 2 heterocycles. The number of aromatic nitrogens is 1. The third kappa shape index (κ3) is 1.94. The van der Waals surface area contributed by atoms with Gasteiger partial charge in [0.25, 0.3) is 0 Å². The zero-order valence-corrected chi connectivity index (χ0v) is 13.3. The maximum atomic E-state index is 12.0. The van der Waals surface area contributed by atoms with E-state index < -0.39 is 0 Å². The summed E-state index contributed by atoms with van der Waals surface area (Å²) in [5.41, 5.74) is 4.90. The second-order valence-corrected chi connectivity index (χ2v) is 6.58. The molecule has 0 bridgehead atoms. The van der Waals surface area contributed by atoms with E-state index in [0.717, 1.165) is 18.4 Å². The number of piperidine rings is 1. The van der Waals surface area contributed by atoms with Crippen molar-refractivity contribution in [1.29, 1.82) is 5.26 Å².